The van der Waals surface area contributed by atoms with E-state index in [4.69, 9.17) is 15.7 Å². The summed E-state index contributed by atoms with van der Waals surface area (Å²) in [5.74, 6) is 0. The number of hydrogen-bond donors (Lipinski definition) is 1. The van der Waals surface area contributed by atoms with Crippen molar-refractivity contribution in [2.24, 2.45) is 5.73 Å². The van der Waals surface area contributed by atoms with Crippen molar-refractivity contribution in [3.63, 3.8) is 0 Å². The molecule has 1 aliphatic rings. The van der Waals surface area contributed by atoms with Gasteiger partial charge in [0.25, 0.3) is 0 Å². The zero-order valence-corrected chi connectivity index (χ0v) is 9.57. The quantitative estimate of drug-likeness (QED) is 0.770. The van der Waals surface area contributed by atoms with Crippen LogP contribution in [-0.2, 0) is 4.74 Å². The van der Waals surface area contributed by atoms with E-state index in [2.05, 4.69) is 19.9 Å². The van der Waals surface area contributed by atoms with Crippen molar-refractivity contribution in [3.05, 3.63) is 11.6 Å². The summed E-state index contributed by atoms with van der Waals surface area (Å²) in [6, 6.07) is 2.25. The summed E-state index contributed by atoms with van der Waals surface area (Å²) in [6.07, 6.45) is 5.81. The van der Waals surface area contributed by atoms with E-state index in [0.717, 1.165) is 24.8 Å². The monoisotopic (exact) mass is 208 g/mol. The number of nitrogens with two attached hydrogens (primary N) is 1. The molecule has 0 amide bonds. The Kier molecular flexibility index (Phi) is 4.80. The first kappa shape index (κ1) is 12.2. The maximum Gasteiger partial charge on any atom is 0.0945 e. The molecule has 0 aliphatic heterocycles. The molecule has 3 heteroatoms. The second kappa shape index (κ2) is 5.89. The first-order chi connectivity index (χ1) is 7.19. The third-order valence-electron chi connectivity index (χ3n) is 2.83. The van der Waals surface area contributed by atoms with Crippen LogP contribution in [0.2, 0.25) is 0 Å². The Balaban J connectivity index is 2.58. The van der Waals surface area contributed by atoms with Crippen LogP contribution < -0.4 is 5.73 Å². The average Bonchev–Trinajstić information content (AvgIpc) is 2.25. The Labute approximate surface area is 91.9 Å². The maximum atomic E-state index is 8.85. The van der Waals surface area contributed by atoms with Crippen LogP contribution in [0.1, 0.15) is 39.5 Å². The highest BCUT2D eigenvalue weighted by Crippen LogP contribution is 2.21. The van der Waals surface area contributed by atoms with Gasteiger partial charge in [0.15, 0.2) is 0 Å². The molecule has 1 aliphatic carbocycles. The Hall–Kier alpha value is -0.850. The van der Waals surface area contributed by atoms with E-state index in [1.54, 1.807) is 0 Å². The molecule has 3 nitrogen and oxygen atoms in total. The van der Waals surface area contributed by atoms with Gasteiger partial charge in [0.1, 0.15) is 0 Å². The molecule has 15 heavy (non-hydrogen) atoms. The molecule has 84 valence electrons. The number of nitriles is 1. The smallest absolute Gasteiger partial charge is 0.0945 e. The summed E-state index contributed by atoms with van der Waals surface area (Å²) in [5.41, 5.74) is 6.65. The molecule has 0 aromatic heterocycles. The standard InChI is InChI=1S/C12H20N2O/c1-3-11(4-2)15-12-6-9(8-13)5-10(14)7-12/h6,10-12H,3-5,7,14H2,1-2H3/t10-,12+/m0/s1. The predicted octanol–water partition coefficient (Wildman–Crippen LogP) is 2.13. The van der Waals surface area contributed by atoms with Crippen LogP contribution in [0.3, 0.4) is 0 Å². The summed E-state index contributed by atoms with van der Waals surface area (Å²) < 4.78 is 5.88. The van der Waals surface area contributed by atoms with Crippen molar-refractivity contribution in [2.75, 3.05) is 0 Å². The van der Waals surface area contributed by atoms with Gasteiger partial charge in [0.05, 0.1) is 18.3 Å². The summed E-state index contributed by atoms with van der Waals surface area (Å²) in [6.45, 7) is 4.23. The van der Waals surface area contributed by atoms with Gasteiger partial charge in [-0.2, -0.15) is 5.26 Å². The molecule has 0 saturated carbocycles. The van der Waals surface area contributed by atoms with Crippen LogP contribution in [0.25, 0.3) is 0 Å². The van der Waals surface area contributed by atoms with Crippen molar-refractivity contribution in [1.29, 1.82) is 5.26 Å². The zero-order valence-electron chi connectivity index (χ0n) is 9.57. The van der Waals surface area contributed by atoms with E-state index in [9.17, 15) is 0 Å². The Bertz CT molecular complexity index is 263. The highest BCUT2D eigenvalue weighted by molar-refractivity contribution is 5.25. The SMILES string of the molecule is CCC(CC)O[C@@H]1C=C(C#N)C[C@H](N)C1. The summed E-state index contributed by atoms with van der Waals surface area (Å²) in [5, 5.41) is 8.85. The van der Waals surface area contributed by atoms with Crippen LogP contribution in [0.4, 0.5) is 0 Å². The van der Waals surface area contributed by atoms with E-state index >= 15 is 0 Å². The fraction of sp³-hybridized carbons (Fsp3) is 0.750. The van der Waals surface area contributed by atoms with Gasteiger partial charge in [-0.3, -0.25) is 0 Å². The molecular weight excluding hydrogens is 188 g/mol. The van der Waals surface area contributed by atoms with Gasteiger partial charge in [0.2, 0.25) is 0 Å². The molecule has 0 heterocycles. The van der Waals surface area contributed by atoms with E-state index in [-0.39, 0.29) is 18.2 Å². The normalized spacial score (nSPS) is 26.2. The number of ether oxygens (including phenoxy) is 1. The first-order valence-electron chi connectivity index (χ1n) is 5.71. The number of hydrogen-bond acceptors (Lipinski definition) is 3. The molecule has 0 bridgehead atoms. The van der Waals surface area contributed by atoms with Crippen LogP contribution in [0, 0.1) is 11.3 Å². The Morgan fingerprint density at radius 2 is 2.27 bits per heavy atom. The zero-order chi connectivity index (χ0) is 11.3. The van der Waals surface area contributed by atoms with Crippen LogP contribution >= 0.6 is 0 Å². The average molecular weight is 208 g/mol. The topological polar surface area (TPSA) is 59.0 Å². The van der Waals surface area contributed by atoms with Gasteiger partial charge in [-0.25, -0.2) is 0 Å². The van der Waals surface area contributed by atoms with Gasteiger partial charge < -0.3 is 10.5 Å². The number of nitrogens with zero attached hydrogens (tertiary/aromatic N) is 1. The number of rotatable bonds is 4. The van der Waals surface area contributed by atoms with E-state index in [1.165, 1.54) is 0 Å². The summed E-state index contributed by atoms with van der Waals surface area (Å²) >= 11 is 0. The van der Waals surface area contributed by atoms with Crippen molar-refractivity contribution < 1.29 is 4.74 Å². The van der Waals surface area contributed by atoms with Crippen molar-refractivity contribution >= 4 is 0 Å². The minimum atomic E-state index is 0.0355. The molecule has 0 radical (unpaired) electrons. The third kappa shape index (κ3) is 3.65. The first-order valence-corrected chi connectivity index (χ1v) is 5.71. The third-order valence-corrected chi connectivity index (χ3v) is 2.83. The lowest BCUT2D eigenvalue weighted by molar-refractivity contribution is -0.000120. The molecule has 0 saturated heterocycles. The van der Waals surface area contributed by atoms with E-state index < -0.39 is 0 Å². The molecule has 0 spiro atoms. The van der Waals surface area contributed by atoms with Gasteiger partial charge in [-0.15, -0.1) is 0 Å². The lowest BCUT2D eigenvalue weighted by Gasteiger charge is -2.27. The molecular formula is C12H20N2O. The molecule has 0 unspecified atom stereocenters. The molecule has 1 rings (SSSR count). The minimum absolute atomic E-state index is 0.0355. The van der Waals surface area contributed by atoms with Crippen molar-refractivity contribution in [1.82, 2.24) is 0 Å². The van der Waals surface area contributed by atoms with Gasteiger partial charge in [0, 0.05) is 11.6 Å². The molecule has 0 aromatic rings. The maximum absolute atomic E-state index is 8.85. The lowest BCUT2D eigenvalue weighted by Crippen LogP contribution is -2.33. The molecule has 0 aromatic carbocycles. The highest BCUT2D eigenvalue weighted by atomic mass is 16.5. The minimum Gasteiger partial charge on any atom is -0.371 e. The highest BCUT2D eigenvalue weighted by Gasteiger charge is 2.22. The molecule has 0 fully saturated rings. The largest absolute Gasteiger partial charge is 0.371 e. The van der Waals surface area contributed by atoms with Crippen LogP contribution in [-0.4, -0.2) is 18.2 Å². The van der Waals surface area contributed by atoms with E-state index in [0.29, 0.717) is 6.42 Å². The second-order valence-electron chi connectivity index (χ2n) is 4.12. The second-order valence-corrected chi connectivity index (χ2v) is 4.12. The fourth-order valence-corrected chi connectivity index (χ4v) is 1.93. The van der Waals surface area contributed by atoms with Gasteiger partial charge >= 0.3 is 0 Å². The summed E-state index contributed by atoms with van der Waals surface area (Å²) in [7, 11) is 0. The lowest BCUT2D eigenvalue weighted by atomic mass is 9.94. The van der Waals surface area contributed by atoms with Crippen molar-refractivity contribution in [3.8, 4) is 6.07 Å². The summed E-state index contributed by atoms with van der Waals surface area (Å²) in [4.78, 5) is 0. The van der Waals surface area contributed by atoms with E-state index in [1.807, 2.05) is 6.08 Å². The predicted molar refractivity (Wildman–Crippen MR) is 60.1 cm³/mol. The van der Waals surface area contributed by atoms with Crippen LogP contribution in [0.15, 0.2) is 11.6 Å². The van der Waals surface area contributed by atoms with Gasteiger partial charge in [-0.1, -0.05) is 13.8 Å². The van der Waals surface area contributed by atoms with Gasteiger partial charge in [-0.05, 0) is 31.8 Å². The van der Waals surface area contributed by atoms with Crippen LogP contribution in [0.5, 0.6) is 0 Å². The Morgan fingerprint density at radius 3 is 2.80 bits per heavy atom. The van der Waals surface area contributed by atoms with Crippen molar-refractivity contribution in [2.45, 2.75) is 57.8 Å². The fourth-order valence-electron chi connectivity index (χ4n) is 1.93. The Morgan fingerprint density at radius 1 is 1.60 bits per heavy atom. The molecule has 2 N–H and O–H groups in total. The molecule has 2 atom stereocenters.